The van der Waals surface area contributed by atoms with Gasteiger partial charge in [-0.2, -0.15) is 0 Å². The molecule has 0 aliphatic rings. The van der Waals surface area contributed by atoms with Crippen LogP contribution in [-0.2, 0) is 10.3 Å². The predicted octanol–water partition coefficient (Wildman–Crippen LogP) is 2.47. The fourth-order valence-electron chi connectivity index (χ4n) is 1.29. The van der Waals surface area contributed by atoms with Crippen molar-refractivity contribution < 1.29 is 4.74 Å². The minimum absolute atomic E-state index is 0.421. The zero-order valence-electron chi connectivity index (χ0n) is 8.80. The molecule has 0 heterocycles. The zero-order chi connectivity index (χ0) is 10.8. The van der Waals surface area contributed by atoms with Crippen LogP contribution in [0.5, 0.6) is 0 Å². The van der Waals surface area contributed by atoms with Gasteiger partial charge in [0, 0.05) is 18.7 Å². The Balaban J connectivity index is 3.12. The van der Waals surface area contributed by atoms with E-state index in [2.05, 4.69) is 0 Å². The van der Waals surface area contributed by atoms with E-state index >= 15 is 0 Å². The van der Waals surface area contributed by atoms with Crippen LogP contribution in [-0.4, -0.2) is 13.7 Å². The second-order valence-corrected chi connectivity index (χ2v) is 4.01. The Labute approximate surface area is 90.0 Å². The highest BCUT2D eigenvalue weighted by molar-refractivity contribution is 6.31. The summed E-state index contributed by atoms with van der Waals surface area (Å²) in [7, 11) is 1.66. The second-order valence-electron chi connectivity index (χ2n) is 3.60. The first-order valence-electron chi connectivity index (χ1n) is 4.55. The van der Waals surface area contributed by atoms with Gasteiger partial charge in [-0.25, -0.2) is 0 Å². The molecule has 0 bridgehead atoms. The van der Waals surface area contributed by atoms with E-state index in [1.165, 1.54) is 0 Å². The fraction of sp³-hybridized carbons (Fsp3) is 0.455. The van der Waals surface area contributed by atoms with Crippen LogP contribution in [0.3, 0.4) is 0 Å². The largest absolute Gasteiger partial charge is 0.372 e. The Morgan fingerprint density at radius 2 is 2.14 bits per heavy atom. The van der Waals surface area contributed by atoms with E-state index in [1.807, 2.05) is 32.0 Å². The SMILES string of the molecule is COC(C)(CN)c1ccc(Cl)c(C)c1. The molecule has 2 N–H and O–H groups in total. The van der Waals surface area contributed by atoms with Crippen LogP contribution in [0.25, 0.3) is 0 Å². The number of hydrogen-bond donors (Lipinski definition) is 1. The van der Waals surface area contributed by atoms with E-state index in [0.29, 0.717) is 6.54 Å². The van der Waals surface area contributed by atoms with Crippen molar-refractivity contribution in [2.75, 3.05) is 13.7 Å². The lowest BCUT2D eigenvalue weighted by Crippen LogP contribution is -2.33. The summed E-state index contributed by atoms with van der Waals surface area (Å²) in [6.45, 7) is 4.39. The fourth-order valence-corrected chi connectivity index (χ4v) is 1.41. The Bertz CT molecular complexity index is 321. The van der Waals surface area contributed by atoms with Crippen LogP contribution in [0.1, 0.15) is 18.1 Å². The normalized spacial score (nSPS) is 15.2. The number of benzene rings is 1. The lowest BCUT2D eigenvalue weighted by atomic mass is 9.94. The average Bonchev–Trinajstić information content (AvgIpc) is 2.21. The molecular weight excluding hydrogens is 198 g/mol. The Kier molecular flexibility index (Phi) is 3.53. The molecule has 1 aromatic carbocycles. The molecular formula is C11H16ClNO. The number of nitrogens with two attached hydrogens (primary N) is 1. The number of rotatable bonds is 3. The first kappa shape index (κ1) is 11.5. The first-order chi connectivity index (χ1) is 6.53. The molecule has 1 aromatic rings. The van der Waals surface area contributed by atoms with Crippen molar-refractivity contribution in [2.45, 2.75) is 19.4 Å². The number of halogens is 1. The summed E-state index contributed by atoms with van der Waals surface area (Å²) in [4.78, 5) is 0. The van der Waals surface area contributed by atoms with E-state index in [9.17, 15) is 0 Å². The molecule has 0 aromatic heterocycles. The van der Waals surface area contributed by atoms with Gasteiger partial charge in [0.05, 0.1) is 0 Å². The lowest BCUT2D eigenvalue weighted by molar-refractivity contribution is 0.0100. The van der Waals surface area contributed by atoms with E-state index in [1.54, 1.807) is 7.11 Å². The third kappa shape index (κ3) is 2.08. The maximum absolute atomic E-state index is 5.95. The second kappa shape index (κ2) is 4.30. The predicted molar refractivity (Wildman–Crippen MR) is 59.6 cm³/mol. The number of aryl methyl sites for hydroxylation is 1. The van der Waals surface area contributed by atoms with Gasteiger partial charge in [-0.1, -0.05) is 23.7 Å². The van der Waals surface area contributed by atoms with Gasteiger partial charge in [0.2, 0.25) is 0 Å². The number of hydrogen-bond acceptors (Lipinski definition) is 2. The highest BCUT2D eigenvalue weighted by atomic mass is 35.5. The highest BCUT2D eigenvalue weighted by Gasteiger charge is 2.24. The quantitative estimate of drug-likeness (QED) is 0.837. The summed E-state index contributed by atoms with van der Waals surface area (Å²) in [5, 5.41) is 0.768. The Hall–Kier alpha value is -0.570. The summed E-state index contributed by atoms with van der Waals surface area (Å²) in [6, 6.07) is 5.84. The maximum Gasteiger partial charge on any atom is 0.102 e. The Morgan fingerprint density at radius 1 is 1.50 bits per heavy atom. The van der Waals surface area contributed by atoms with Crippen LogP contribution in [0.4, 0.5) is 0 Å². The van der Waals surface area contributed by atoms with Crippen molar-refractivity contribution >= 4 is 11.6 Å². The lowest BCUT2D eigenvalue weighted by Gasteiger charge is -2.27. The van der Waals surface area contributed by atoms with Gasteiger partial charge in [-0.3, -0.25) is 0 Å². The van der Waals surface area contributed by atoms with E-state index < -0.39 is 5.60 Å². The molecule has 1 rings (SSSR count). The minimum Gasteiger partial charge on any atom is -0.372 e. The highest BCUT2D eigenvalue weighted by Crippen LogP contribution is 2.26. The van der Waals surface area contributed by atoms with Crippen molar-refractivity contribution in [1.82, 2.24) is 0 Å². The van der Waals surface area contributed by atoms with Crippen LogP contribution >= 0.6 is 11.6 Å². The van der Waals surface area contributed by atoms with Gasteiger partial charge < -0.3 is 10.5 Å². The number of methoxy groups -OCH3 is 1. The average molecular weight is 214 g/mol. The van der Waals surface area contributed by atoms with Crippen LogP contribution < -0.4 is 5.73 Å². The van der Waals surface area contributed by atoms with E-state index in [0.717, 1.165) is 16.1 Å². The summed E-state index contributed by atoms with van der Waals surface area (Å²) < 4.78 is 5.40. The molecule has 0 aliphatic heterocycles. The first-order valence-corrected chi connectivity index (χ1v) is 4.93. The summed E-state index contributed by atoms with van der Waals surface area (Å²) in [6.07, 6.45) is 0. The third-order valence-electron chi connectivity index (χ3n) is 2.61. The van der Waals surface area contributed by atoms with Crippen LogP contribution in [0.2, 0.25) is 5.02 Å². The molecule has 0 saturated heterocycles. The van der Waals surface area contributed by atoms with Gasteiger partial charge in [-0.15, -0.1) is 0 Å². The van der Waals surface area contributed by atoms with Gasteiger partial charge >= 0.3 is 0 Å². The molecule has 0 radical (unpaired) electrons. The molecule has 1 unspecified atom stereocenters. The van der Waals surface area contributed by atoms with Crippen molar-refractivity contribution in [3.63, 3.8) is 0 Å². The monoisotopic (exact) mass is 213 g/mol. The molecule has 1 atom stereocenters. The van der Waals surface area contributed by atoms with Crippen LogP contribution in [0, 0.1) is 6.92 Å². The summed E-state index contributed by atoms with van der Waals surface area (Å²) >= 11 is 5.95. The molecule has 0 amide bonds. The van der Waals surface area contributed by atoms with E-state index in [4.69, 9.17) is 22.1 Å². The van der Waals surface area contributed by atoms with E-state index in [-0.39, 0.29) is 0 Å². The summed E-state index contributed by atoms with van der Waals surface area (Å²) in [5.74, 6) is 0. The van der Waals surface area contributed by atoms with Gasteiger partial charge in [-0.05, 0) is 31.0 Å². The molecule has 0 aliphatic carbocycles. The van der Waals surface area contributed by atoms with Crippen molar-refractivity contribution in [1.29, 1.82) is 0 Å². The summed E-state index contributed by atoms with van der Waals surface area (Å²) in [5.41, 5.74) is 7.36. The van der Waals surface area contributed by atoms with Crippen molar-refractivity contribution in [3.05, 3.63) is 34.3 Å². The van der Waals surface area contributed by atoms with Crippen LogP contribution in [0.15, 0.2) is 18.2 Å². The molecule has 0 spiro atoms. The maximum atomic E-state index is 5.95. The van der Waals surface area contributed by atoms with Gasteiger partial charge in [0.25, 0.3) is 0 Å². The van der Waals surface area contributed by atoms with Gasteiger partial charge in [0.15, 0.2) is 0 Å². The standard InChI is InChI=1S/C11H16ClNO/c1-8-6-9(4-5-10(8)12)11(2,7-13)14-3/h4-6H,7,13H2,1-3H3. The molecule has 0 saturated carbocycles. The zero-order valence-corrected chi connectivity index (χ0v) is 9.56. The number of ether oxygens (including phenoxy) is 1. The molecule has 0 fully saturated rings. The molecule has 14 heavy (non-hydrogen) atoms. The van der Waals surface area contributed by atoms with Gasteiger partial charge in [0.1, 0.15) is 5.60 Å². The van der Waals surface area contributed by atoms with Crippen molar-refractivity contribution in [2.24, 2.45) is 5.73 Å². The third-order valence-corrected chi connectivity index (χ3v) is 3.03. The molecule has 78 valence electrons. The topological polar surface area (TPSA) is 35.2 Å². The minimum atomic E-state index is -0.421. The Morgan fingerprint density at radius 3 is 2.57 bits per heavy atom. The smallest absolute Gasteiger partial charge is 0.102 e. The molecule has 2 nitrogen and oxygen atoms in total. The van der Waals surface area contributed by atoms with Crippen molar-refractivity contribution in [3.8, 4) is 0 Å². The molecule has 3 heteroatoms.